The van der Waals surface area contributed by atoms with Crippen molar-refractivity contribution in [2.45, 2.75) is 39.3 Å². The summed E-state index contributed by atoms with van der Waals surface area (Å²) in [4.78, 5) is 38.2. The zero-order valence-electron chi connectivity index (χ0n) is 18.4. The molecule has 1 fully saturated rings. The number of nitrogens with zero attached hydrogens (tertiary/aromatic N) is 5. The van der Waals surface area contributed by atoms with Gasteiger partial charge >= 0.3 is 6.03 Å². The van der Waals surface area contributed by atoms with Gasteiger partial charge in [-0.3, -0.25) is 4.79 Å². The molecular formula is C23H28N6O2. The standard InChI is InChI=1S/C23H28N6O2/c1-16(20(30)19-8-6-18(14-24)7-9-19)17(2)27-22(31)28-12-13-29(23(3,4)15-28)21-25-10-5-11-26-21/h5-11,16-17H,12-13,15H2,1-4H3,(H,27,31). The van der Waals surface area contributed by atoms with E-state index < -0.39 is 5.92 Å². The molecule has 1 aliphatic heterocycles. The van der Waals surface area contributed by atoms with Crippen LogP contribution in [0.15, 0.2) is 42.7 Å². The molecule has 2 aromatic rings. The van der Waals surface area contributed by atoms with Crippen molar-refractivity contribution in [3.05, 3.63) is 53.9 Å². The fourth-order valence-corrected chi connectivity index (χ4v) is 3.74. The van der Waals surface area contributed by atoms with E-state index >= 15 is 0 Å². The second kappa shape index (κ2) is 9.13. The van der Waals surface area contributed by atoms with Crippen LogP contribution in [0.3, 0.4) is 0 Å². The fourth-order valence-electron chi connectivity index (χ4n) is 3.74. The third kappa shape index (κ3) is 5.00. The molecule has 0 bridgehead atoms. The Morgan fingerprint density at radius 3 is 2.35 bits per heavy atom. The van der Waals surface area contributed by atoms with E-state index in [9.17, 15) is 9.59 Å². The van der Waals surface area contributed by atoms with Gasteiger partial charge in [0.05, 0.1) is 17.2 Å². The van der Waals surface area contributed by atoms with Crippen LogP contribution < -0.4 is 10.2 Å². The smallest absolute Gasteiger partial charge is 0.317 e. The molecule has 0 saturated carbocycles. The molecule has 2 atom stereocenters. The van der Waals surface area contributed by atoms with Crippen LogP contribution in [0.1, 0.15) is 43.6 Å². The number of rotatable bonds is 5. The van der Waals surface area contributed by atoms with Gasteiger partial charge in [0.1, 0.15) is 0 Å². The molecule has 1 aromatic heterocycles. The number of hydrogen-bond donors (Lipinski definition) is 1. The quantitative estimate of drug-likeness (QED) is 0.746. The molecule has 1 aromatic carbocycles. The van der Waals surface area contributed by atoms with E-state index in [0.717, 1.165) is 0 Å². The van der Waals surface area contributed by atoms with Gasteiger partial charge in [0.2, 0.25) is 5.95 Å². The van der Waals surface area contributed by atoms with Crippen LogP contribution >= 0.6 is 0 Å². The summed E-state index contributed by atoms with van der Waals surface area (Å²) in [6, 6.07) is 9.85. The maximum absolute atomic E-state index is 12.9. The van der Waals surface area contributed by atoms with Gasteiger partial charge in [-0.05, 0) is 39.0 Å². The molecule has 8 nitrogen and oxygen atoms in total. The number of carbonyl (C=O) groups is 2. The number of nitriles is 1. The summed E-state index contributed by atoms with van der Waals surface area (Å²) < 4.78 is 0. The Kier molecular flexibility index (Phi) is 6.54. The van der Waals surface area contributed by atoms with Crippen LogP contribution in [-0.2, 0) is 0 Å². The van der Waals surface area contributed by atoms with Crippen LogP contribution in [0.5, 0.6) is 0 Å². The lowest BCUT2D eigenvalue weighted by Crippen LogP contribution is -2.63. The van der Waals surface area contributed by atoms with Crippen LogP contribution in [-0.4, -0.2) is 57.9 Å². The highest BCUT2D eigenvalue weighted by Gasteiger charge is 2.37. The molecule has 1 saturated heterocycles. The second-order valence-electron chi connectivity index (χ2n) is 8.51. The molecule has 3 rings (SSSR count). The Hall–Kier alpha value is -3.47. The summed E-state index contributed by atoms with van der Waals surface area (Å²) in [5.41, 5.74) is 0.711. The SMILES string of the molecule is CC(NC(=O)N1CCN(c2ncccn2)C(C)(C)C1)C(C)C(=O)c1ccc(C#N)cc1. The third-order valence-corrected chi connectivity index (χ3v) is 5.80. The lowest BCUT2D eigenvalue weighted by Gasteiger charge is -2.47. The third-order valence-electron chi connectivity index (χ3n) is 5.80. The van der Waals surface area contributed by atoms with Crippen molar-refractivity contribution in [3.8, 4) is 6.07 Å². The number of carbonyl (C=O) groups excluding carboxylic acids is 2. The zero-order valence-corrected chi connectivity index (χ0v) is 18.4. The summed E-state index contributed by atoms with van der Waals surface area (Å²) in [7, 11) is 0. The van der Waals surface area contributed by atoms with Crippen LogP contribution in [0, 0.1) is 17.2 Å². The molecule has 1 aliphatic rings. The second-order valence-corrected chi connectivity index (χ2v) is 8.51. The van der Waals surface area contributed by atoms with Crippen LogP contribution in [0.4, 0.5) is 10.7 Å². The van der Waals surface area contributed by atoms with Crippen LogP contribution in [0.25, 0.3) is 0 Å². The van der Waals surface area contributed by atoms with Gasteiger partial charge in [-0.1, -0.05) is 19.1 Å². The molecule has 162 valence electrons. The van der Waals surface area contributed by atoms with Crippen molar-refractivity contribution in [1.82, 2.24) is 20.2 Å². The van der Waals surface area contributed by atoms with E-state index in [-0.39, 0.29) is 23.4 Å². The summed E-state index contributed by atoms with van der Waals surface area (Å²) in [6.07, 6.45) is 3.43. The normalized spacial score (nSPS) is 17.4. The van der Waals surface area contributed by atoms with E-state index in [2.05, 4.69) is 34.0 Å². The number of urea groups is 1. The monoisotopic (exact) mass is 420 g/mol. The van der Waals surface area contributed by atoms with Gasteiger partial charge in [-0.25, -0.2) is 14.8 Å². The first-order valence-corrected chi connectivity index (χ1v) is 10.4. The Morgan fingerprint density at radius 1 is 1.13 bits per heavy atom. The molecule has 31 heavy (non-hydrogen) atoms. The summed E-state index contributed by atoms with van der Waals surface area (Å²) in [5, 5.41) is 11.9. The van der Waals surface area contributed by atoms with Gasteiger partial charge < -0.3 is 15.1 Å². The van der Waals surface area contributed by atoms with Crippen molar-refractivity contribution >= 4 is 17.8 Å². The van der Waals surface area contributed by atoms with Gasteiger partial charge in [0.25, 0.3) is 0 Å². The first-order chi connectivity index (χ1) is 14.7. The molecule has 2 amide bonds. The lowest BCUT2D eigenvalue weighted by molar-refractivity contribution is 0.0906. The van der Waals surface area contributed by atoms with E-state index in [1.807, 2.05) is 13.0 Å². The average Bonchev–Trinajstić information content (AvgIpc) is 2.77. The summed E-state index contributed by atoms with van der Waals surface area (Å²) in [6.45, 7) is 9.44. The van der Waals surface area contributed by atoms with Gasteiger partial charge in [-0.2, -0.15) is 5.26 Å². The Bertz CT molecular complexity index is 968. The maximum atomic E-state index is 12.9. The molecule has 0 aliphatic carbocycles. The molecule has 8 heteroatoms. The number of amides is 2. The van der Waals surface area contributed by atoms with E-state index in [1.165, 1.54) is 0 Å². The first kappa shape index (κ1) is 22.2. The molecule has 1 N–H and O–H groups in total. The van der Waals surface area contributed by atoms with E-state index in [1.54, 1.807) is 54.5 Å². The van der Waals surface area contributed by atoms with Crippen molar-refractivity contribution in [3.63, 3.8) is 0 Å². The highest BCUT2D eigenvalue weighted by Crippen LogP contribution is 2.25. The highest BCUT2D eigenvalue weighted by molar-refractivity contribution is 5.98. The molecule has 2 unspecified atom stereocenters. The Morgan fingerprint density at radius 2 is 1.77 bits per heavy atom. The number of ketones is 1. The number of anilines is 1. The predicted molar refractivity (Wildman–Crippen MR) is 118 cm³/mol. The predicted octanol–water partition coefficient (Wildman–Crippen LogP) is 2.87. The highest BCUT2D eigenvalue weighted by atomic mass is 16.2. The molecular weight excluding hydrogens is 392 g/mol. The number of piperazine rings is 1. The lowest BCUT2D eigenvalue weighted by atomic mass is 9.93. The largest absolute Gasteiger partial charge is 0.335 e. The summed E-state index contributed by atoms with van der Waals surface area (Å²) >= 11 is 0. The maximum Gasteiger partial charge on any atom is 0.317 e. The molecule has 0 radical (unpaired) electrons. The minimum atomic E-state index is -0.399. The van der Waals surface area contributed by atoms with Crippen molar-refractivity contribution < 1.29 is 9.59 Å². The average molecular weight is 421 g/mol. The topological polar surface area (TPSA) is 102 Å². The van der Waals surface area contributed by atoms with E-state index in [4.69, 9.17) is 5.26 Å². The minimum Gasteiger partial charge on any atom is -0.335 e. The van der Waals surface area contributed by atoms with Crippen molar-refractivity contribution in [2.75, 3.05) is 24.5 Å². The zero-order chi connectivity index (χ0) is 22.6. The van der Waals surface area contributed by atoms with Crippen LogP contribution in [0.2, 0.25) is 0 Å². The number of hydrogen-bond acceptors (Lipinski definition) is 6. The Labute approximate surface area is 182 Å². The molecule has 0 spiro atoms. The van der Waals surface area contributed by atoms with Crippen molar-refractivity contribution in [1.29, 1.82) is 5.26 Å². The number of benzene rings is 1. The minimum absolute atomic E-state index is 0.0661. The summed E-state index contributed by atoms with van der Waals surface area (Å²) in [5.74, 6) is 0.190. The number of Topliss-reactive ketones (excluding diaryl/α,β-unsaturated/α-hetero) is 1. The Balaban J connectivity index is 1.60. The number of aromatic nitrogens is 2. The van der Waals surface area contributed by atoms with Crippen molar-refractivity contribution in [2.24, 2.45) is 5.92 Å². The van der Waals surface area contributed by atoms with Gasteiger partial charge in [0, 0.05) is 49.6 Å². The fraction of sp³-hybridized carbons (Fsp3) is 0.435. The molecule has 2 heterocycles. The van der Waals surface area contributed by atoms with Gasteiger partial charge in [0.15, 0.2) is 5.78 Å². The van der Waals surface area contributed by atoms with E-state index in [0.29, 0.717) is 36.7 Å². The first-order valence-electron chi connectivity index (χ1n) is 10.4. The number of nitrogens with one attached hydrogen (secondary N) is 1. The van der Waals surface area contributed by atoms with Gasteiger partial charge in [-0.15, -0.1) is 0 Å².